The van der Waals surface area contributed by atoms with Crippen LogP contribution in [0.4, 0.5) is 5.82 Å². The van der Waals surface area contributed by atoms with Crippen molar-refractivity contribution >= 4 is 40.6 Å². The molecule has 0 radical (unpaired) electrons. The van der Waals surface area contributed by atoms with E-state index >= 15 is 0 Å². The van der Waals surface area contributed by atoms with Crippen molar-refractivity contribution in [1.29, 1.82) is 5.26 Å². The number of nitriles is 1. The average Bonchev–Trinajstić information content (AvgIpc) is 3.05. The number of pyridine rings is 1. The maximum atomic E-state index is 12.7. The van der Waals surface area contributed by atoms with Gasteiger partial charge in [0.2, 0.25) is 0 Å². The van der Waals surface area contributed by atoms with Crippen LogP contribution < -0.4 is 4.90 Å². The highest BCUT2D eigenvalue weighted by atomic mass is 35.5. The summed E-state index contributed by atoms with van der Waals surface area (Å²) in [6.45, 7) is 1.61. The van der Waals surface area contributed by atoms with Gasteiger partial charge >= 0.3 is 0 Å². The standard InChI is InChI=1S/C15H16ClN5O2S/c1-19(23-2)15(22)10-7-11(16)13-12(8-17)18-9-21(13)14(10)20-3-5-24-6-4-20/h7,9H,3-6H2,1-2H3. The molecule has 3 heterocycles. The SMILES string of the molecule is CON(C)C(=O)c1cc(Cl)c2c(C#N)ncn2c1N1CCSCC1. The molecule has 0 spiro atoms. The molecule has 126 valence electrons. The smallest absolute Gasteiger partial charge is 0.280 e. The number of fused-ring (bicyclic) bond motifs is 1. The van der Waals surface area contributed by atoms with Gasteiger partial charge in [-0.1, -0.05) is 11.6 Å². The van der Waals surface area contributed by atoms with Crippen molar-refractivity contribution in [3.8, 4) is 6.07 Å². The van der Waals surface area contributed by atoms with E-state index in [9.17, 15) is 10.1 Å². The fourth-order valence-corrected chi connectivity index (χ4v) is 3.91. The van der Waals surface area contributed by atoms with Crippen LogP contribution in [0, 0.1) is 11.3 Å². The number of thioether (sulfide) groups is 1. The van der Waals surface area contributed by atoms with Crippen LogP contribution in [-0.4, -0.2) is 59.1 Å². The number of hydrogen-bond acceptors (Lipinski definition) is 6. The molecule has 1 fully saturated rings. The summed E-state index contributed by atoms with van der Waals surface area (Å²) in [6.07, 6.45) is 1.54. The second-order valence-corrected chi connectivity index (χ2v) is 6.87. The molecular formula is C15H16ClN5O2S. The zero-order chi connectivity index (χ0) is 17.3. The minimum absolute atomic E-state index is 0.242. The van der Waals surface area contributed by atoms with E-state index in [0.717, 1.165) is 29.7 Å². The van der Waals surface area contributed by atoms with Gasteiger partial charge in [-0.15, -0.1) is 0 Å². The number of imidazole rings is 1. The Bertz CT molecular complexity index is 825. The van der Waals surface area contributed by atoms with Gasteiger partial charge in [0.15, 0.2) is 5.69 Å². The molecule has 0 atom stereocenters. The zero-order valence-electron chi connectivity index (χ0n) is 13.3. The number of aromatic nitrogens is 2. The fourth-order valence-electron chi connectivity index (χ4n) is 2.72. The molecule has 1 aliphatic heterocycles. The Morgan fingerprint density at radius 2 is 2.21 bits per heavy atom. The van der Waals surface area contributed by atoms with Crippen molar-refractivity contribution in [3.05, 3.63) is 28.7 Å². The van der Waals surface area contributed by atoms with Gasteiger partial charge in [-0.05, 0) is 6.07 Å². The molecule has 2 aromatic heterocycles. The van der Waals surface area contributed by atoms with Crippen LogP contribution in [0.15, 0.2) is 12.4 Å². The number of rotatable bonds is 3. The molecule has 0 aromatic carbocycles. The lowest BCUT2D eigenvalue weighted by atomic mass is 10.2. The Morgan fingerprint density at radius 1 is 1.50 bits per heavy atom. The number of hydrogen-bond donors (Lipinski definition) is 0. The van der Waals surface area contributed by atoms with E-state index in [0.29, 0.717) is 21.9 Å². The normalized spacial score (nSPS) is 14.7. The van der Waals surface area contributed by atoms with Gasteiger partial charge in [-0.3, -0.25) is 14.0 Å². The first-order valence-corrected chi connectivity index (χ1v) is 8.86. The van der Waals surface area contributed by atoms with E-state index in [-0.39, 0.29) is 11.6 Å². The number of nitrogens with zero attached hydrogens (tertiary/aromatic N) is 5. The maximum absolute atomic E-state index is 12.7. The lowest BCUT2D eigenvalue weighted by Gasteiger charge is -2.31. The van der Waals surface area contributed by atoms with Gasteiger partial charge < -0.3 is 4.90 Å². The predicted octanol–water partition coefficient (Wildman–Crippen LogP) is 2.05. The monoisotopic (exact) mass is 365 g/mol. The Morgan fingerprint density at radius 3 is 2.83 bits per heavy atom. The second-order valence-electron chi connectivity index (χ2n) is 5.24. The molecule has 1 amide bonds. The number of hydroxylamine groups is 2. The highest BCUT2D eigenvalue weighted by molar-refractivity contribution is 7.99. The fraction of sp³-hybridized carbons (Fsp3) is 0.400. The molecule has 3 rings (SSSR count). The minimum Gasteiger partial charge on any atom is -0.355 e. The Kier molecular flexibility index (Phi) is 4.85. The summed E-state index contributed by atoms with van der Waals surface area (Å²) in [7, 11) is 2.98. The highest BCUT2D eigenvalue weighted by Crippen LogP contribution is 2.32. The van der Waals surface area contributed by atoms with E-state index < -0.39 is 0 Å². The first-order valence-electron chi connectivity index (χ1n) is 7.33. The summed E-state index contributed by atoms with van der Waals surface area (Å²) < 4.78 is 1.73. The van der Waals surface area contributed by atoms with Crippen molar-refractivity contribution in [2.45, 2.75) is 0 Å². The van der Waals surface area contributed by atoms with Gasteiger partial charge in [-0.2, -0.15) is 17.0 Å². The first kappa shape index (κ1) is 16.9. The molecular weight excluding hydrogens is 350 g/mol. The van der Waals surface area contributed by atoms with E-state index in [2.05, 4.69) is 9.88 Å². The lowest BCUT2D eigenvalue weighted by Crippen LogP contribution is -2.36. The van der Waals surface area contributed by atoms with Gasteiger partial charge in [-0.25, -0.2) is 10.0 Å². The third kappa shape index (κ3) is 2.79. The summed E-state index contributed by atoms with van der Waals surface area (Å²) >= 11 is 8.22. The molecule has 1 aliphatic rings. The summed E-state index contributed by atoms with van der Waals surface area (Å²) in [5.74, 6) is 2.33. The number of halogens is 1. The van der Waals surface area contributed by atoms with Gasteiger partial charge in [0.25, 0.3) is 5.91 Å². The topological polar surface area (TPSA) is 73.9 Å². The van der Waals surface area contributed by atoms with E-state index in [4.69, 9.17) is 16.4 Å². The molecule has 2 aromatic rings. The largest absolute Gasteiger partial charge is 0.355 e. The summed E-state index contributed by atoms with van der Waals surface area (Å²) in [6, 6.07) is 3.64. The van der Waals surface area contributed by atoms with E-state index in [1.807, 2.05) is 17.8 Å². The zero-order valence-corrected chi connectivity index (χ0v) is 14.9. The van der Waals surface area contributed by atoms with Crippen LogP contribution in [0.3, 0.4) is 0 Å². The minimum atomic E-state index is -0.304. The van der Waals surface area contributed by atoms with Crippen molar-refractivity contribution in [2.24, 2.45) is 0 Å². The van der Waals surface area contributed by atoms with Crippen LogP contribution in [0.5, 0.6) is 0 Å². The summed E-state index contributed by atoms with van der Waals surface area (Å²) in [5, 5.41) is 10.7. The third-order valence-corrected chi connectivity index (χ3v) is 5.17. The Labute approximate surface area is 148 Å². The van der Waals surface area contributed by atoms with Crippen molar-refractivity contribution in [3.63, 3.8) is 0 Å². The van der Waals surface area contributed by atoms with Crippen LogP contribution >= 0.6 is 23.4 Å². The molecule has 0 saturated carbocycles. The summed E-state index contributed by atoms with van der Waals surface area (Å²) in [4.78, 5) is 24.0. The second kappa shape index (κ2) is 6.89. The van der Waals surface area contributed by atoms with Crippen LogP contribution in [0.1, 0.15) is 16.1 Å². The molecule has 24 heavy (non-hydrogen) atoms. The molecule has 0 unspecified atom stereocenters. The molecule has 9 heteroatoms. The molecule has 0 bridgehead atoms. The van der Waals surface area contributed by atoms with Crippen LogP contribution in [0.2, 0.25) is 5.02 Å². The third-order valence-electron chi connectivity index (χ3n) is 3.94. The first-order chi connectivity index (χ1) is 11.6. The van der Waals surface area contributed by atoms with Gasteiger partial charge in [0.1, 0.15) is 23.7 Å². The molecule has 1 saturated heterocycles. The average molecular weight is 366 g/mol. The lowest BCUT2D eigenvalue weighted by molar-refractivity contribution is -0.0756. The van der Waals surface area contributed by atoms with Crippen molar-refractivity contribution in [1.82, 2.24) is 14.4 Å². The van der Waals surface area contributed by atoms with E-state index in [1.165, 1.54) is 7.11 Å². The molecule has 0 aliphatic carbocycles. The van der Waals surface area contributed by atoms with Crippen LogP contribution in [-0.2, 0) is 4.84 Å². The quantitative estimate of drug-likeness (QED) is 0.775. The molecule has 7 nitrogen and oxygen atoms in total. The highest BCUT2D eigenvalue weighted by Gasteiger charge is 2.26. The van der Waals surface area contributed by atoms with Crippen molar-refractivity contribution < 1.29 is 9.63 Å². The number of carbonyl (C=O) groups is 1. The Balaban J connectivity index is 2.26. The van der Waals surface area contributed by atoms with Crippen molar-refractivity contribution in [2.75, 3.05) is 43.7 Å². The predicted molar refractivity (Wildman–Crippen MR) is 93.6 cm³/mol. The maximum Gasteiger partial charge on any atom is 0.280 e. The molecule has 0 N–H and O–H groups in total. The summed E-state index contributed by atoms with van der Waals surface area (Å²) in [5.41, 5.74) is 1.18. The number of amides is 1. The number of carbonyl (C=O) groups excluding carboxylic acids is 1. The van der Waals surface area contributed by atoms with Gasteiger partial charge in [0.05, 0.1) is 17.7 Å². The van der Waals surface area contributed by atoms with E-state index in [1.54, 1.807) is 23.8 Å². The van der Waals surface area contributed by atoms with Crippen LogP contribution in [0.25, 0.3) is 5.52 Å². The van der Waals surface area contributed by atoms with Gasteiger partial charge in [0, 0.05) is 31.6 Å². The number of anilines is 1. The Hall–Kier alpha value is -1.95.